The van der Waals surface area contributed by atoms with Crippen LogP contribution >= 0.6 is 0 Å². The molecule has 0 amide bonds. The molecule has 280 valence electrons. The van der Waals surface area contributed by atoms with E-state index in [1.165, 1.54) is 10.8 Å². The molecule has 0 N–H and O–H groups in total. The van der Waals surface area contributed by atoms with E-state index in [4.69, 9.17) is 19.4 Å². The van der Waals surface area contributed by atoms with Crippen molar-refractivity contribution < 1.29 is 4.42 Å². The summed E-state index contributed by atoms with van der Waals surface area (Å²) in [6.45, 7) is 0. The quantitative estimate of drug-likeness (QED) is 0.169. The van der Waals surface area contributed by atoms with E-state index >= 15 is 0 Å². The zero-order valence-corrected chi connectivity index (χ0v) is 32.3. The standard InChI is InChI=1S/C55H34N4O/c1-3-13-35(14-4-1)37-25-29-40(30-26-37)53-56-54(41-31-27-38(28-32-41)36-15-5-2-6-16-36)58-55(57-53)59-48-34-33-39-17-7-8-18-42(39)50(48)47-23-11-20-44(51(47)59)46-22-12-21-45-43-19-9-10-24-49(43)60-52(45)46/h1-34H. The van der Waals surface area contributed by atoms with Gasteiger partial charge in [-0.05, 0) is 45.2 Å². The van der Waals surface area contributed by atoms with E-state index in [2.05, 4.69) is 187 Å². The SMILES string of the molecule is c1ccc(-c2ccc(-c3nc(-c4ccc(-c5ccccc5)cc4)nc(-n4c5ccc6ccccc6c5c5cccc(-c6cccc7c6oc6ccccc67)c54)n3)cc2)cc1. The monoisotopic (exact) mass is 766 g/mol. The highest BCUT2D eigenvalue weighted by molar-refractivity contribution is 6.24. The Morgan fingerprint density at radius 1 is 0.350 bits per heavy atom. The first-order valence-corrected chi connectivity index (χ1v) is 20.2. The molecule has 0 saturated heterocycles. The van der Waals surface area contributed by atoms with Crippen LogP contribution in [0.15, 0.2) is 211 Å². The molecule has 9 aromatic carbocycles. The molecular formula is C55H34N4O. The zero-order valence-electron chi connectivity index (χ0n) is 32.3. The summed E-state index contributed by atoms with van der Waals surface area (Å²) >= 11 is 0. The summed E-state index contributed by atoms with van der Waals surface area (Å²) in [6.07, 6.45) is 0. The van der Waals surface area contributed by atoms with Crippen molar-refractivity contribution >= 4 is 54.5 Å². The number of para-hydroxylation sites is 3. The van der Waals surface area contributed by atoms with E-state index in [1.807, 2.05) is 24.3 Å². The lowest BCUT2D eigenvalue weighted by Crippen LogP contribution is -2.07. The second-order valence-electron chi connectivity index (χ2n) is 15.2. The third kappa shape index (κ3) is 5.52. The lowest BCUT2D eigenvalue weighted by molar-refractivity contribution is 0.670. The highest BCUT2D eigenvalue weighted by atomic mass is 16.3. The van der Waals surface area contributed by atoms with Gasteiger partial charge in [-0.15, -0.1) is 0 Å². The molecule has 0 spiro atoms. The average Bonchev–Trinajstić information content (AvgIpc) is 3.89. The maximum atomic E-state index is 6.66. The van der Waals surface area contributed by atoms with Crippen molar-refractivity contribution in [2.75, 3.05) is 0 Å². The molecule has 0 atom stereocenters. The molecule has 3 aromatic heterocycles. The van der Waals surface area contributed by atoms with E-state index in [1.54, 1.807) is 0 Å². The first-order chi connectivity index (χ1) is 29.7. The van der Waals surface area contributed by atoms with Crippen molar-refractivity contribution in [2.24, 2.45) is 0 Å². The molecule has 60 heavy (non-hydrogen) atoms. The van der Waals surface area contributed by atoms with Crippen LogP contribution in [-0.2, 0) is 0 Å². The van der Waals surface area contributed by atoms with Gasteiger partial charge in [0.25, 0.3) is 0 Å². The lowest BCUT2D eigenvalue weighted by atomic mass is 9.98. The van der Waals surface area contributed by atoms with E-state index in [-0.39, 0.29) is 0 Å². The molecule has 0 aliphatic heterocycles. The predicted octanol–water partition coefficient (Wildman–Crippen LogP) is 14.4. The van der Waals surface area contributed by atoms with Crippen LogP contribution in [0.3, 0.4) is 0 Å². The van der Waals surface area contributed by atoms with Gasteiger partial charge in [-0.1, -0.05) is 194 Å². The Kier molecular flexibility index (Phi) is 7.78. The van der Waals surface area contributed by atoms with Crippen LogP contribution in [0, 0.1) is 0 Å². The fourth-order valence-corrected chi connectivity index (χ4v) is 8.83. The minimum absolute atomic E-state index is 0.536. The van der Waals surface area contributed by atoms with Gasteiger partial charge in [-0.3, -0.25) is 4.57 Å². The molecule has 0 fully saturated rings. The maximum absolute atomic E-state index is 6.66. The second-order valence-corrected chi connectivity index (χ2v) is 15.2. The Labute approximate surface area is 345 Å². The minimum Gasteiger partial charge on any atom is -0.455 e. The molecule has 5 heteroatoms. The van der Waals surface area contributed by atoms with Crippen LogP contribution in [0.5, 0.6) is 0 Å². The molecule has 0 aliphatic carbocycles. The fraction of sp³-hybridized carbons (Fsp3) is 0. The third-order valence-corrected chi connectivity index (χ3v) is 11.7. The van der Waals surface area contributed by atoms with Crippen molar-refractivity contribution in [3.8, 4) is 62.1 Å². The Hall–Kier alpha value is -8.15. The van der Waals surface area contributed by atoms with Gasteiger partial charge in [0.05, 0.1) is 11.0 Å². The van der Waals surface area contributed by atoms with Gasteiger partial charge in [0.2, 0.25) is 5.95 Å². The summed E-state index contributed by atoms with van der Waals surface area (Å²) < 4.78 is 8.90. The molecule has 0 saturated carbocycles. The topological polar surface area (TPSA) is 56.7 Å². The number of nitrogens with zero attached hydrogens (tertiary/aromatic N) is 4. The number of hydrogen-bond donors (Lipinski definition) is 0. The van der Waals surface area contributed by atoms with Gasteiger partial charge >= 0.3 is 0 Å². The molecule has 0 unspecified atom stereocenters. The van der Waals surface area contributed by atoms with Gasteiger partial charge in [0, 0.05) is 43.8 Å². The number of rotatable bonds is 6. The van der Waals surface area contributed by atoms with Crippen molar-refractivity contribution in [1.29, 1.82) is 0 Å². The Bertz CT molecular complexity index is 3470. The number of benzene rings is 9. The van der Waals surface area contributed by atoms with Gasteiger partial charge in [0.15, 0.2) is 11.6 Å². The second kappa shape index (κ2) is 13.8. The molecule has 12 aromatic rings. The summed E-state index contributed by atoms with van der Waals surface area (Å²) in [6, 6.07) is 72.1. The normalized spacial score (nSPS) is 11.7. The van der Waals surface area contributed by atoms with E-state index in [0.29, 0.717) is 17.6 Å². The summed E-state index contributed by atoms with van der Waals surface area (Å²) in [5.74, 6) is 1.72. The van der Waals surface area contributed by atoms with Crippen LogP contribution < -0.4 is 0 Å². The Morgan fingerprint density at radius 3 is 1.53 bits per heavy atom. The van der Waals surface area contributed by atoms with Crippen LogP contribution in [-0.4, -0.2) is 19.5 Å². The molecule has 12 rings (SSSR count). The van der Waals surface area contributed by atoms with E-state index in [9.17, 15) is 0 Å². The predicted molar refractivity (Wildman–Crippen MR) is 246 cm³/mol. The Morgan fingerprint density at radius 2 is 0.867 bits per heavy atom. The van der Waals surface area contributed by atoms with Crippen molar-refractivity contribution in [2.45, 2.75) is 0 Å². The third-order valence-electron chi connectivity index (χ3n) is 11.7. The zero-order chi connectivity index (χ0) is 39.6. The number of fused-ring (bicyclic) bond motifs is 8. The minimum atomic E-state index is 0.536. The largest absolute Gasteiger partial charge is 0.455 e. The van der Waals surface area contributed by atoms with Gasteiger partial charge < -0.3 is 4.42 Å². The highest BCUT2D eigenvalue weighted by Gasteiger charge is 2.23. The summed E-state index contributed by atoms with van der Waals surface area (Å²) in [5.41, 5.74) is 12.1. The first-order valence-electron chi connectivity index (χ1n) is 20.2. The fourth-order valence-electron chi connectivity index (χ4n) is 8.83. The Balaban J connectivity index is 1.14. The number of aromatic nitrogens is 4. The van der Waals surface area contributed by atoms with Crippen LogP contribution in [0.4, 0.5) is 0 Å². The molecule has 0 aliphatic rings. The first kappa shape index (κ1) is 33.9. The molecule has 3 heterocycles. The molecule has 5 nitrogen and oxygen atoms in total. The maximum Gasteiger partial charge on any atom is 0.238 e. The highest BCUT2D eigenvalue weighted by Crippen LogP contribution is 2.44. The van der Waals surface area contributed by atoms with Gasteiger partial charge in [-0.25, -0.2) is 4.98 Å². The lowest BCUT2D eigenvalue weighted by Gasteiger charge is -2.13. The summed E-state index contributed by atoms with van der Waals surface area (Å²) in [5, 5.41) is 6.76. The van der Waals surface area contributed by atoms with Gasteiger partial charge in [-0.2, -0.15) is 9.97 Å². The van der Waals surface area contributed by atoms with Crippen LogP contribution in [0.25, 0.3) is 117 Å². The molecule has 0 bridgehead atoms. The average molecular weight is 767 g/mol. The smallest absolute Gasteiger partial charge is 0.238 e. The van der Waals surface area contributed by atoms with Crippen LogP contribution in [0.2, 0.25) is 0 Å². The molecule has 0 radical (unpaired) electrons. The van der Waals surface area contributed by atoms with Crippen LogP contribution in [0.1, 0.15) is 0 Å². The van der Waals surface area contributed by atoms with Gasteiger partial charge in [0.1, 0.15) is 11.2 Å². The summed E-state index contributed by atoms with van der Waals surface area (Å²) in [7, 11) is 0. The van der Waals surface area contributed by atoms with Crippen molar-refractivity contribution in [1.82, 2.24) is 19.5 Å². The number of hydrogen-bond acceptors (Lipinski definition) is 4. The molecular weight excluding hydrogens is 733 g/mol. The van der Waals surface area contributed by atoms with E-state index < -0.39 is 0 Å². The number of furan rings is 1. The van der Waals surface area contributed by atoms with E-state index in [0.717, 1.165) is 88.3 Å². The van der Waals surface area contributed by atoms with Crippen molar-refractivity contribution in [3.05, 3.63) is 206 Å². The summed E-state index contributed by atoms with van der Waals surface area (Å²) in [4.78, 5) is 15.9. The van der Waals surface area contributed by atoms with Crippen molar-refractivity contribution in [3.63, 3.8) is 0 Å².